The highest BCUT2D eigenvalue weighted by Gasteiger charge is 2.10. The van der Waals surface area contributed by atoms with Crippen molar-refractivity contribution in [1.82, 2.24) is 0 Å². The Labute approximate surface area is 124 Å². The highest BCUT2D eigenvalue weighted by atomic mass is 16.5. The Morgan fingerprint density at radius 3 is 2.24 bits per heavy atom. The first-order chi connectivity index (χ1) is 10.2. The van der Waals surface area contributed by atoms with Crippen LogP contribution in [0.25, 0.3) is 0 Å². The minimum absolute atomic E-state index is 0.161. The zero-order valence-corrected chi connectivity index (χ0v) is 12.3. The van der Waals surface area contributed by atoms with Crippen LogP contribution in [0, 0.1) is 0 Å². The lowest BCUT2D eigenvalue weighted by molar-refractivity contribution is 0.106. The van der Waals surface area contributed by atoms with E-state index in [-0.39, 0.29) is 6.61 Å². The van der Waals surface area contributed by atoms with Gasteiger partial charge in [-0.15, -0.1) is 0 Å². The normalized spacial score (nSPS) is 11.8. The van der Waals surface area contributed by atoms with E-state index in [1.54, 1.807) is 7.11 Å². The highest BCUT2D eigenvalue weighted by Crippen LogP contribution is 2.27. The van der Waals surface area contributed by atoms with Crippen LogP contribution in [0.5, 0.6) is 17.2 Å². The van der Waals surface area contributed by atoms with Gasteiger partial charge in [0.15, 0.2) is 11.5 Å². The fraction of sp³-hybridized carbons (Fsp3) is 0.294. The number of aliphatic hydroxyl groups is 1. The van der Waals surface area contributed by atoms with Gasteiger partial charge in [0, 0.05) is 0 Å². The second-order valence-corrected chi connectivity index (χ2v) is 4.48. The van der Waals surface area contributed by atoms with E-state index in [0.29, 0.717) is 18.1 Å². The maximum atomic E-state index is 10.2. The lowest BCUT2D eigenvalue weighted by Crippen LogP contribution is -2.10. The number of para-hydroxylation sites is 2. The summed E-state index contributed by atoms with van der Waals surface area (Å²) in [6, 6.07) is 14.7. The van der Waals surface area contributed by atoms with Crippen molar-refractivity contribution in [3.05, 3.63) is 54.1 Å². The van der Waals surface area contributed by atoms with Gasteiger partial charge in [-0.05, 0) is 36.8 Å². The second-order valence-electron chi connectivity index (χ2n) is 4.48. The molecule has 0 aliphatic heterocycles. The number of hydrogen-bond acceptors (Lipinski definition) is 4. The minimum atomic E-state index is -0.703. The molecular weight excluding hydrogens is 268 g/mol. The fourth-order valence-electron chi connectivity index (χ4n) is 1.96. The number of hydrogen-bond donors (Lipinski definition) is 1. The van der Waals surface area contributed by atoms with Crippen LogP contribution in [0.1, 0.15) is 18.6 Å². The van der Waals surface area contributed by atoms with Crippen LogP contribution >= 0.6 is 0 Å². The number of aliphatic hydroxyl groups excluding tert-OH is 1. The molecule has 0 heterocycles. The first-order valence-electron chi connectivity index (χ1n) is 6.91. The van der Waals surface area contributed by atoms with E-state index in [1.165, 1.54) is 0 Å². The molecule has 1 unspecified atom stereocenters. The lowest BCUT2D eigenvalue weighted by atomic mass is 10.1. The molecule has 4 nitrogen and oxygen atoms in total. The van der Waals surface area contributed by atoms with Crippen LogP contribution in [0.15, 0.2) is 48.5 Å². The molecular formula is C17H20O4. The molecule has 0 fully saturated rings. The van der Waals surface area contributed by atoms with Gasteiger partial charge in [0.2, 0.25) is 0 Å². The minimum Gasteiger partial charge on any atom is -0.494 e. The molecule has 1 atom stereocenters. The molecule has 2 aromatic rings. The van der Waals surface area contributed by atoms with Crippen LogP contribution in [0.3, 0.4) is 0 Å². The maximum Gasteiger partial charge on any atom is 0.161 e. The van der Waals surface area contributed by atoms with Crippen molar-refractivity contribution in [3.8, 4) is 17.2 Å². The van der Waals surface area contributed by atoms with Gasteiger partial charge < -0.3 is 19.3 Å². The van der Waals surface area contributed by atoms with Crippen molar-refractivity contribution in [3.63, 3.8) is 0 Å². The summed E-state index contributed by atoms with van der Waals surface area (Å²) < 4.78 is 16.2. The van der Waals surface area contributed by atoms with Gasteiger partial charge in [0.05, 0.1) is 13.7 Å². The zero-order valence-electron chi connectivity index (χ0n) is 12.3. The quantitative estimate of drug-likeness (QED) is 0.850. The number of ether oxygens (including phenoxy) is 3. The van der Waals surface area contributed by atoms with Gasteiger partial charge in [0.25, 0.3) is 0 Å². The van der Waals surface area contributed by atoms with E-state index in [0.717, 1.165) is 11.3 Å². The molecule has 0 saturated carbocycles. The Balaban J connectivity index is 1.96. The smallest absolute Gasteiger partial charge is 0.161 e. The predicted octanol–water partition coefficient (Wildman–Crippen LogP) is 3.21. The van der Waals surface area contributed by atoms with E-state index in [2.05, 4.69) is 0 Å². The summed E-state index contributed by atoms with van der Waals surface area (Å²) in [6.07, 6.45) is -0.703. The summed E-state index contributed by atoms with van der Waals surface area (Å²) in [5.41, 5.74) is 0.786. The monoisotopic (exact) mass is 288 g/mol. The fourth-order valence-corrected chi connectivity index (χ4v) is 1.96. The molecule has 112 valence electrons. The Morgan fingerprint density at radius 2 is 1.62 bits per heavy atom. The van der Waals surface area contributed by atoms with Crippen LogP contribution in [-0.2, 0) is 0 Å². The van der Waals surface area contributed by atoms with Crippen LogP contribution < -0.4 is 14.2 Å². The van der Waals surface area contributed by atoms with Crippen LogP contribution in [0.2, 0.25) is 0 Å². The molecule has 0 saturated heterocycles. The Hall–Kier alpha value is -2.20. The molecule has 4 heteroatoms. The third-order valence-corrected chi connectivity index (χ3v) is 3.04. The third kappa shape index (κ3) is 4.13. The number of methoxy groups -OCH3 is 1. The summed E-state index contributed by atoms with van der Waals surface area (Å²) >= 11 is 0. The zero-order chi connectivity index (χ0) is 15.1. The SMILES string of the molecule is CCOc1ccc(C(O)COc2ccccc2OC)cc1. The summed E-state index contributed by atoms with van der Waals surface area (Å²) in [4.78, 5) is 0. The lowest BCUT2D eigenvalue weighted by Gasteiger charge is -2.15. The number of benzene rings is 2. The molecule has 0 bridgehead atoms. The Kier molecular flexibility index (Phi) is 5.46. The van der Waals surface area contributed by atoms with E-state index >= 15 is 0 Å². The van der Waals surface area contributed by atoms with Gasteiger partial charge in [0.1, 0.15) is 18.5 Å². The summed E-state index contributed by atoms with van der Waals surface area (Å²) in [5, 5.41) is 10.2. The average Bonchev–Trinajstić information content (AvgIpc) is 2.54. The summed E-state index contributed by atoms with van der Waals surface area (Å²) in [6.45, 7) is 2.72. The van der Waals surface area contributed by atoms with E-state index in [4.69, 9.17) is 14.2 Å². The first-order valence-corrected chi connectivity index (χ1v) is 6.91. The van der Waals surface area contributed by atoms with Gasteiger partial charge in [-0.1, -0.05) is 24.3 Å². The molecule has 0 spiro atoms. The first kappa shape index (κ1) is 15.2. The van der Waals surface area contributed by atoms with Crippen molar-refractivity contribution in [2.24, 2.45) is 0 Å². The maximum absolute atomic E-state index is 10.2. The molecule has 0 amide bonds. The van der Waals surface area contributed by atoms with Crippen molar-refractivity contribution < 1.29 is 19.3 Å². The Bertz CT molecular complexity index is 551. The third-order valence-electron chi connectivity index (χ3n) is 3.04. The molecule has 0 aliphatic rings. The van der Waals surface area contributed by atoms with Crippen molar-refractivity contribution in [1.29, 1.82) is 0 Å². The molecule has 2 aromatic carbocycles. The number of rotatable bonds is 7. The van der Waals surface area contributed by atoms with E-state index in [9.17, 15) is 5.11 Å². The van der Waals surface area contributed by atoms with Crippen LogP contribution in [0.4, 0.5) is 0 Å². The van der Waals surface area contributed by atoms with Crippen molar-refractivity contribution in [2.75, 3.05) is 20.3 Å². The molecule has 2 rings (SSSR count). The largest absolute Gasteiger partial charge is 0.494 e. The topological polar surface area (TPSA) is 47.9 Å². The van der Waals surface area contributed by atoms with Gasteiger partial charge in [-0.3, -0.25) is 0 Å². The van der Waals surface area contributed by atoms with Crippen LogP contribution in [-0.4, -0.2) is 25.4 Å². The Morgan fingerprint density at radius 1 is 0.952 bits per heavy atom. The molecule has 0 aromatic heterocycles. The molecule has 0 radical (unpaired) electrons. The van der Waals surface area contributed by atoms with Crippen molar-refractivity contribution in [2.45, 2.75) is 13.0 Å². The van der Waals surface area contributed by atoms with E-state index in [1.807, 2.05) is 55.5 Å². The molecule has 0 aliphatic carbocycles. The van der Waals surface area contributed by atoms with E-state index < -0.39 is 6.10 Å². The standard InChI is InChI=1S/C17H20O4/c1-3-20-14-10-8-13(9-11-14)15(18)12-21-17-7-5-4-6-16(17)19-2/h4-11,15,18H,3,12H2,1-2H3. The highest BCUT2D eigenvalue weighted by molar-refractivity contribution is 5.39. The van der Waals surface area contributed by atoms with Gasteiger partial charge in [-0.25, -0.2) is 0 Å². The summed E-state index contributed by atoms with van der Waals surface area (Å²) in [5.74, 6) is 2.06. The molecule has 1 N–H and O–H groups in total. The second kappa shape index (κ2) is 7.55. The average molecular weight is 288 g/mol. The van der Waals surface area contributed by atoms with Gasteiger partial charge >= 0.3 is 0 Å². The predicted molar refractivity (Wildman–Crippen MR) is 81.1 cm³/mol. The van der Waals surface area contributed by atoms with Gasteiger partial charge in [-0.2, -0.15) is 0 Å². The summed E-state index contributed by atoms with van der Waals surface area (Å²) in [7, 11) is 1.59. The van der Waals surface area contributed by atoms with Crippen molar-refractivity contribution >= 4 is 0 Å². The molecule has 21 heavy (non-hydrogen) atoms.